The van der Waals surface area contributed by atoms with Gasteiger partial charge in [0.1, 0.15) is 11.5 Å². The van der Waals surface area contributed by atoms with Crippen LogP contribution in [-0.4, -0.2) is 45.8 Å². The van der Waals surface area contributed by atoms with Crippen LogP contribution in [0.1, 0.15) is 20.3 Å². The molecule has 1 aliphatic heterocycles. The van der Waals surface area contributed by atoms with Gasteiger partial charge >= 0.3 is 0 Å². The Balaban J connectivity index is 1.66. The Morgan fingerprint density at radius 3 is 3.04 bits per heavy atom. The van der Waals surface area contributed by atoms with Gasteiger partial charge in [0.25, 0.3) is 0 Å². The second-order valence-corrected chi connectivity index (χ2v) is 7.61. The molecular formula is C19H23ClN6. The molecular weight excluding hydrogens is 348 g/mol. The first-order valence-corrected chi connectivity index (χ1v) is 9.44. The first kappa shape index (κ1) is 17.2. The molecule has 0 bridgehead atoms. The van der Waals surface area contributed by atoms with Crippen molar-refractivity contribution in [3.8, 4) is 11.4 Å². The smallest absolute Gasteiger partial charge is 0.181 e. The molecule has 1 atom stereocenters. The molecule has 1 saturated heterocycles. The average Bonchev–Trinajstić information content (AvgIpc) is 3.06. The van der Waals surface area contributed by atoms with Gasteiger partial charge in [-0.25, -0.2) is 9.97 Å². The number of piperazine rings is 1. The van der Waals surface area contributed by atoms with Gasteiger partial charge in [0.05, 0.1) is 10.7 Å². The quantitative estimate of drug-likeness (QED) is 0.735. The van der Waals surface area contributed by atoms with Gasteiger partial charge in [0.2, 0.25) is 0 Å². The molecule has 26 heavy (non-hydrogen) atoms. The lowest BCUT2D eigenvalue weighted by atomic mass is 10.0. The molecule has 0 radical (unpaired) electrons. The largest absolute Gasteiger partial charge is 0.354 e. The highest BCUT2D eigenvalue weighted by molar-refractivity contribution is 6.33. The maximum absolute atomic E-state index is 6.46. The van der Waals surface area contributed by atoms with Crippen LogP contribution in [0, 0.1) is 5.92 Å². The third-order valence-electron chi connectivity index (χ3n) is 4.73. The highest BCUT2D eigenvalue weighted by Crippen LogP contribution is 2.31. The van der Waals surface area contributed by atoms with Crippen LogP contribution >= 0.6 is 11.6 Å². The molecule has 2 N–H and O–H groups in total. The molecule has 3 aromatic heterocycles. The minimum absolute atomic E-state index is 0.488. The van der Waals surface area contributed by atoms with Crippen molar-refractivity contribution in [1.29, 1.82) is 0 Å². The third kappa shape index (κ3) is 3.39. The number of hydrogen-bond donors (Lipinski definition) is 2. The van der Waals surface area contributed by atoms with Gasteiger partial charge in [0, 0.05) is 37.3 Å². The van der Waals surface area contributed by atoms with E-state index in [9.17, 15) is 0 Å². The van der Waals surface area contributed by atoms with Crippen LogP contribution in [0.25, 0.3) is 22.4 Å². The van der Waals surface area contributed by atoms with Gasteiger partial charge in [0.15, 0.2) is 5.65 Å². The number of nitrogens with one attached hydrogen (secondary N) is 2. The third-order valence-corrected chi connectivity index (χ3v) is 5.04. The van der Waals surface area contributed by atoms with Crippen molar-refractivity contribution in [2.45, 2.75) is 26.3 Å². The maximum Gasteiger partial charge on any atom is 0.181 e. The fourth-order valence-corrected chi connectivity index (χ4v) is 3.77. The Bertz CT molecular complexity index is 906. The van der Waals surface area contributed by atoms with E-state index in [2.05, 4.69) is 39.2 Å². The summed E-state index contributed by atoms with van der Waals surface area (Å²) in [6, 6.07) is 8.28. The average molecular weight is 371 g/mol. The topological polar surface area (TPSA) is 69.7 Å². The molecule has 1 fully saturated rings. The van der Waals surface area contributed by atoms with Crippen LogP contribution in [0.2, 0.25) is 5.02 Å². The molecule has 0 amide bonds. The molecule has 4 heterocycles. The number of fused-ring (bicyclic) bond motifs is 1. The molecule has 0 saturated carbocycles. The Morgan fingerprint density at radius 1 is 1.31 bits per heavy atom. The van der Waals surface area contributed by atoms with Crippen LogP contribution in [0.4, 0.5) is 5.82 Å². The predicted molar refractivity (Wildman–Crippen MR) is 106 cm³/mol. The van der Waals surface area contributed by atoms with E-state index in [4.69, 9.17) is 16.6 Å². The molecule has 0 spiro atoms. The molecule has 0 aliphatic carbocycles. The molecule has 7 heteroatoms. The first-order valence-electron chi connectivity index (χ1n) is 9.06. The summed E-state index contributed by atoms with van der Waals surface area (Å²) < 4.78 is 0. The lowest BCUT2D eigenvalue weighted by Crippen LogP contribution is -2.51. The molecule has 4 rings (SSSR count). The van der Waals surface area contributed by atoms with Gasteiger partial charge < -0.3 is 10.2 Å². The van der Waals surface area contributed by atoms with E-state index in [1.54, 1.807) is 6.20 Å². The fraction of sp³-hybridized carbons (Fsp3) is 0.421. The molecule has 6 nitrogen and oxygen atoms in total. The van der Waals surface area contributed by atoms with Crippen molar-refractivity contribution >= 4 is 28.5 Å². The second kappa shape index (κ2) is 7.21. The van der Waals surface area contributed by atoms with E-state index >= 15 is 0 Å². The van der Waals surface area contributed by atoms with E-state index in [1.165, 1.54) is 0 Å². The van der Waals surface area contributed by atoms with E-state index in [1.807, 2.05) is 24.3 Å². The van der Waals surface area contributed by atoms with Gasteiger partial charge in [-0.3, -0.25) is 5.10 Å². The number of aromatic nitrogens is 4. The number of rotatable bonds is 4. The lowest BCUT2D eigenvalue weighted by molar-refractivity contribution is 0.387. The van der Waals surface area contributed by atoms with Crippen LogP contribution in [0.3, 0.4) is 0 Å². The van der Waals surface area contributed by atoms with Crippen LogP contribution in [0.5, 0.6) is 0 Å². The van der Waals surface area contributed by atoms with Crippen LogP contribution in [0.15, 0.2) is 30.5 Å². The number of anilines is 1. The zero-order valence-corrected chi connectivity index (χ0v) is 15.8. The normalized spacial score (nSPS) is 18.0. The molecule has 3 aromatic rings. The van der Waals surface area contributed by atoms with Crippen molar-refractivity contribution in [2.24, 2.45) is 5.92 Å². The van der Waals surface area contributed by atoms with E-state index in [-0.39, 0.29) is 0 Å². The summed E-state index contributed by atoms with van der Waals surface area (Å²) in [5.74, 6) is 1.62. The zero-order chi connectivity index (χ0) is 18.1. The summed E-state index contributed by atoms with van der Waals surface area (Å²) in [6.07, 6.45) is 2.89. The van der Waals surface area contributed by atoms with Crippen molar-refractivity contribution in [3.05, 3.63) is 35.5 Å². The number of aromatic amines is 1. The van der Waals surface area contributed by atoms with Gasteiger partial charge in [-0.05, 0) is 36.6 Å². The summed E-state index contributed by atoms with van der Waals surface area (Å²) in [7, 11) is 0. The first-order chi connectivity index (χ1) is 12.6. The van der Waals surface area contributed by atoms with Crippen LogP contribution < -0.4 is 10.2 Å². The van der Waals surface area contributed by atoms with E-state index < -0.39 is 0 Å². The van der Waals surface area contributed by atoms with Crippen LogP contribution in [-0.2, 0) is 0 Å². The summed E-state index contributed by atoms with van der Waals surface area (Å²) >= 11 is 6.46. The highest BCUT2D eigenvalue weighted by Gasteiger charge is 2.22. The Morgan fingerprint density at radius 2 is 2.19 bits per heavy atom. The lowest BCUT2D eigenvalue weighted by Gasteiger charge is -2.35. The summed E-state index contributed by atoms with van der Waals surface area (Å²) in [4.78, 5) is 11.5. The minimum atomic E-state index is 0.488. The van der Waals surface area contributed by atoms with Crippen molar-refractivity contribution in [2.75, 3.05) is 24.5 Å². The number of pyridine rings is 2. The van der Waals surface area contributed by atoms with E-state index in [0.29, 0.717) is 22.6 Å². The molecule has 1 aliphatic rings. The SMILES string of the molecule is CC(C)CC1CN(c2ccc(Cl)c(-c3[nH]nc4ncccc34)n2)CCN1. The summed E-state index contributed by atoms with van der Waals surface area (Å²) in [5, 5.41) is 12.5. The number of nitrogens with zero attached hydrogens (tertiary/aromatic N) is 4. The summed E-state index contributed by atoms with van der Waals surface area (Å²) in [6.45, 7) is 7.38. The summed E-state index contributed by atoms with van der Waals surface area (Å²) in [5.41, 5.74) is 2.21. The van der Waals surface area contributed by atoms with Gasteiger partial charge in [-0.2, -0.15) is 5.10 Å². The van der Waals surface area contributed by atoms with Crippen molar-refractivity contribution < 1.29 is 0 Å². The Hall–Kier alpha value is -2.18. The van der Waals surface area contributed by atoms with Crippen molar-refractivity contribution in [3.63, 3.8) is 0 Å². The molecule has 1 unspecified atom stereocenters. The number of halogens is 1. The molecule has 0 aromatic carbocycles. The van der Waals surface area contributed by atoms with Gasteiger partial charge in [-0.15, -0.1) is 0 Å². The predicted octanol–water partition coefficient (Wildman–Crippen LogP) is 3.50. The van der Waals surface area contributed by atoms with Gasteiger partial charge in [-0.1, -0.05) is 25.4 Å². The Kier molecular flexibility index (Phi) is 4.78. The second-order valence-electron chi connectivity index (χ2n) is 7.20. The van der Waals surface area contributed by atoms with Crippen molar-refractivity contribution in [1.82, 2.24) is 25.5 Å². The zero-order valence-electron chi connectivity index (χ0n) is 15.0. The number of H-pyrrole nitrogens is 1. The Labute approximate surface area is 158 Å². The van der Waals surface area contributed by atoms with E-state index in [0.717, 1.165) is 48.6 Å². The highest BCUT2D eigenvalue weighted by atomic mass is 35.5. The minimum Gasteiger partial charge on any atom is -0.354 e. The fourth-order valence-electron chi connectivity index (χ4n) is 3.57. The number of hydrogen-bond acceptors (Lipinski definition) is 5. The molecule has 136 valence electrons. The standard InChI is InChI=1S/C19H23ClN6/c1-12(2)10-13-11-26(9-8-21-13)16-6-5-15(20)18(23-16)17-14-4-3-7-22-19(14)25-24-17/h3-7,12-13,21H,8-11H2,1-2H3,(H,22,24,25). The monoisotopic (exact) mass is 370 g/mol. The maximum atomic E-state index is 6.46.